The maximum atomic E-state index is 12.0. The summed E-state index contributed by atoms with van der Waals surface area (Å²) in [4.78, 5) is 12.0. The van der Waals surface area contributed by atoms with E-state index >= 15 is 0 Å². The van der Waals surface area contributed by atoms with Gasteiger partial charge in [0, 0.05) is 17.2 Å². The Labute approximate surface area is 143 Å². The summed E-state index contributed by atoms with van der Waals surface area (Å²) in [5.74, 6) is 0.333. The Morgan fingerprint density at radius 1 is 1.04 bits per heavy atom. The third-order valence-electron chi connectivity index (χ3n) is 3.24. The van der Waals surface area contributed by atoms with Crippen LogP contribution in [0.15, 0.2) is 59.1 Å². The van der Waals surface area contributed by atoms with Crippen molar-refractivity contribution in [2.45, 2.75) is 6.54 Å². The van der Waals surface area contributed by atoms with E-state index in [-0.39, 0.29) is 12.5 Å². The van der Waals surface area contributed by atoms with E-state index in [0.29, 0.717) is 32.6 Å². The minimum Gasteiger partial charge on any atom is -0.359 e. The molecule has 0 saturated heterocycles. The number of rotatable bonds is 4. The topological polar surface area (TPSA) is 55.1 Å². The summed E-state index contributed by atoms with van der Waals surface area (Å²) in [6.45, 7) is 0.225. The monoisotopic (exact) mass is 346 g/mol. The fourth-order valence-electron chi connectivity index (χ4n) is 2.12. The van der Waals surface area contributed by atoms with Crippen molar-refractivity contribution in [1.29, 1.82) is 0 Å². The molecule has 0 unspecified atom stereocenters. The highest BCUT2D eigenvalue weighted by atomic mass is 35.5. The molecule has 1 aromatic heterocycles. The molecule has 0 bridgehead atoms. The van der Waals surface area contributed by atoms with Gasteiger partial charge in [-0.2, -0.15) is 0 Å². The summed E-state index contributed by atoms with van der Waals surface area (Å²) >= 11 is 12.3. The zero-order chi connectivity index (χ0) is 16.2. The lowest BCUT2D eigenvalue weighted by Crippen LogP contribution is -2.22. The Bertz CT molecular complexity index is 811. The summed E-state index contributed by atoms with van der Waals surface area (Å²) in [6.07, 6.45) is 0. The molecule has 116 valence electrons. The van der Waals surface area contributed by atoms with E-state index in [1.54, 1.807) is 48.5 Å². The van der Waals surface area contributed by atoms with Crippen LogP contribution in [0.4, 0.5) is 0 Å². The first-order valence-corrected chi connectivity index (χ1v) is 7.64. The van der Waals surface area contributed by atoms with E-state index in [1.807, 2.05) is 6.07 Å². The highest BCUT2D eigenvalue weighted by molar-refractivity contribution is 6.39. The molecular formula is C17H12Cl2N2O2. The molecule has 6 heteroatoms. The van der Waals surface area contributed by atoms with Crippen LogP contribution in [0.2, 0.25) is 10.0 Å². The molecule has 0 aliphatic rings. The fraction of sp³-hybridized carbons (Fsp3) is 0.0588. The third-order valence-corrected chi connectivity index (χ3v) is 3.87. The number of nitrogens with zero attached hydrogens (tertiary/aromatic N) is 1. The van der Waals surface area contributed by atoms with E-state index in [1.165, 1.54) is 0 Å². The van der Waals surface area contributed by atoms with Gasteiger partial charge >= 0.3 is 0 Å². The molecule has 1 heterocycles. The molecule has 0 spiro atoms. The Balaban J connectivity index is 1.72. The van der Waals surface area contributed by atoms with Crippen LogP contribution in [0, 0.1) is 0 Å². The van der Waals surface area contributed by atoms with Gasteiger partial charge in [-0.05, 0) is 24.3 Å². The minimum atomic E-state index is -0.181. The Morgan fingerprint density at radius 3 is 2.43 bits per heavy atom. The number of carbonyl (C=O) groups is 1. The van der Waals surface area contributed by atoms with E-state index in [2.05, 4.69) is 10.5 Å². The van der Waals surface area contributed by atoms with Gasteiger partial charge < -0.3 is 9.84 Å². The molecular weight excluding hydrogens is 335 g/mol. The number of aromatic nitrogens is 1. The number of nitrogens with one attached hydrogen (secondary N) is 1. The number of carbonyl (C=O) groups excluding carboxylic acids is 1. The van der Waals surface area contributed by atoms with Crippen LogP contribution in [0.5, 0.6) is 0 Å². The molecule has 2 aromatic carbocycles. The Morgan fingerprint density at radius 2 is 1.74 bits per heavy atom. The Kier molecular flexibility index (Phi) is 4.65. The second-order valence-electron chi connectivity index (χ2n) is 4.82. The molecule has 23 heavy (non-hydrogen) atoms. The third kappa shape index (κ3) is 3.55. The van der Waals surface area contributed by atoms with Gasteiger partial charge in [0.05, 0.1) is 16.6 Å². The van der Waals surface area contributed by atoms with E-state index < -0.39 is 0 Å². The second kappa shape index (κ2) is 6.86. The standard InChI is InChI=1S/C17H12Cl2N2O2/c18-13-7-4-8-14(19)16(13)15-9-12(23-21-15)10-20-17(22)11-5-2-1-3-6-11/h1-9H,10H2,(H,20,22). The number of benzene rings is 2. The first kappa shape index (κ1) is 15.6. The van der Waals surface area contributed by atoms with Crippen LogP contribution in [0.25, 0.3) is 11.3 Å². The number of amides is 1. The highest BCUT2D eigenvalue weighted by Gasteiger charge is 2.14. The predicted octanol–water partition coefficient (Wildman–Crippen LogP) is 4.58. The lowest BCUT2D eigenvalue weighted by atomic mass is 10.1. The zero-order valence-corrected chi connectivity index (χ0v) is 13.4. The van der Waals surface area contributed by atoms with Gasteiger partial charge in [0.15, 0.2) is 5.76 Å². The molecule has 3 rings (SSSR count). The largest absolute Gasteiger partial charge is 0.359 e. The van der Waals surface area contributed by atoms with Crippen LogP contribution in [0.1, 0.15) is 16.1 Å². The van der Waals surface area contributed by atoms with Crippen LogP contribution in [-0.4, -0.2) is 11.1 Å². The minimum absolute atomic E-state index is 0.181. The number of halogens is 2. The van der Waals surface area contributed by atoms with Crippen molar-refractivity contribution in [2.24, 2.45) is 0 Å². The molecule has 0 saturated carbocycles. The smallest absolute Gasteiger partial charge is 0.251 e. The van der Waals surface area contributed by atoms with Crippen LogP contribution in [0.3, 0.4) is 0 Å². The highest BCUT2D eigenvalue weighted by Crippen LogP contribution is 2.33. The van der Waals surface area contributed by atoms with Crippen molar-refractivity contribution in [1.82, 2.24) is 10.5 Å². The maximum absolute atomic E-state index is 12.0. The van der Waals surface area contributed by atoms with Gasteiger partial charge in [0.25, 0.3) is 5.91 Å². The fourth-order valence-corrected chi connectivity index (χ4v) is 2.71. The second-order valence-corrected chi connectivity index (χ2v) is 5.64. The average Bonchev–Trinajstić information content (AvgIpc) is 3.02. The van der Waals surface area contributed by atoms with Gasteiger partial charge in [-0.25, -0.2) is 0 Å². The van der Waals surface area contributed by atoms with E-state index in [9.17, 15) is 4.79 Å². The van der Waals surface area contributed by atoms with E-state index in [0.717, 1.165) is 0 Å². The van der Waals surface area contributed by atoms with Crippen molar-refractivity contribution in [3.05, 3.63) is 76.0 Å². The van der Waals surface area contributed by atoms with Gasteiger partial charge in [-0.3, -0.25) is 4.79 Å². The van der Waals surface area contributed by atoms with E-state index in [4.69, 9.17) is 27.7 Å². The molecule has 1 N–H and O–H groups in total. The molecule has 0 fully saturated rings. The maximum Gasteiger partial charge on any atom is 0.251 e. The van der Waals surface area contributed by atoms with Gasteiger partial charge in [0.2, 0.25) is 0 Å². The first-order valence-electron chi connectivity index (χ1n) is 6.88. The average molecular weight is 347 g/mol. The lowest BCUT2D eigenvalue weighted by molar-refractivity contribution is 0.0947. The van der Waals surface area contributed by atoms with Gasteiger partial charge in [-0.15, -0.1) is 0 Å². The summed E-state index contributed by atoms with van der Waals surface area (Å²) in [5, 5.41) is 7.72. The molecule has 4 nitrogen and oxygen atoms in total. The van der Waals surface area contributed by atoms with Gasteiger partial charge in [0.1, 0.15) is 5.69 Å². The molecule has 3 aromatic rings. The predicted molar refractivity (Wildman–Crippen MR) is 89.6 cm³/mol. The van der Waals surface area contributed by atoms with Crippen LogP contribution >= 0.6 is 23.2 Å². The first-order chi connectivity index (χ1) is 11.1. The zero-order valence-electron chi connectivity index (χ0n) is 11.9. The quantitative estimate of drug-likeness (QED) is 0.752. The summed E-state index contributed by atoms with van der Waals surface area (Å²) in [6, 6.07) is 15.9. The lowest BCUT2D eigenvalue weighted by Gasteiger charge is -2.02. The van der Waals surface area contributed by atoms with Crippen molar-refractivity contribution >= 4 is 29.1 Å². The number of hydrogen-bond acceptors (Lipinski definition) is 3. The summed E-state index contributed by atoms with van der Waals surface area (Å²) in [5.41, 5.74) is 1.73. The normalized spacial score (nSPS) is 10.5. The van der Waals surface area contributed by atoms with Crippen molar-refractivity contribution in [3.8, 4) is 11.3 Å². The molecule has 0 aliphatic heterocycles. The summed E-state index contributed by atoms with van der Waals surface area (Å²) < 4.78 is 5.23. The SMILES string of the molecule is O=C(NCc1cc(-c2c(Cl)cccc2Cl)no1)c1ccccc1. The Hall–Kier alpha value is -2.30. The van der Waals surface area contributed by atoms with Crippen LogP contribution in [-0.2, 0) is 6.54 Å². The van der Waals surface area contributed by atoms with Crippen molar-refractivity contribution < 1.29 is 9.32 Å². The van der Waals surface area contributed by atoms with Crippen LogP contribution < -0.4 is 5.32 Å². The molecule has 0 aliphatic carbocycles. The number of hydrogen-bond donors (Lipinski definition) is 1. The van der Waals surface area contributed by atoms with Gasteiger partial charge in [-0.1, -0.05) is 52.6 Å². The van der Waals surface area contributed by atoms with Crippen molar-refractivity contribution in [2.75, 3.05) is 0 Å². The molecule has 0 radical (unpaired) electrons. The molecule has 0 atom stereocenters. The summed E-state index contributed by atoms with van der Waals surface area (Å²) in [7, 11) is 0. The van der Waals surface area contributed by atoms with Crippen molar-refractivity contribution in [3.63, 3.8) is 0 Å². The molecule has 1 amide bonds.